The molecule has 0 radical (unpaired) electrons. The predicted octanol–water partition coefficient (Wildman–Crippen LogP) is 0.801. The van der Waals surface area contributed by atoms with E-state index >= 15 is 0 Å². The molecule has 4 nitrogen and oxygen atoms in total. The van der Waals surface area contributed by atoms with Gasteiger partial charge in [0.2, 0.25) is 5.91 Å². The second-order valence-corrected chi connectivity index (χ2v) is 5.11. The lowest BCUT2D eigenvalue weighted by molar-refractivity contribution is -0.135. The highest BCUT2D eigenvalue weighted by Crippen LogP contribution is 2.34. The van der Waals surface area contributed by atoms with Crippen molar-refractivity contribution >= 4 is 5.91 Å². The Bertz CT molecular complexity index is 243. The highest BCUT2D eigenvalue weighted by Gasteiger charge is 2.38. The molecule has 1 heterocycles. The molecule has 0 bridgehead atoms. The summed E-state index contributed by atoms with van der Waals surface area (Å²) in [6, 6.07) is 0.221. The number of hydrogen-bond donors (Lipinski definition) is 2. The molecule has 0 atom stereocenters. The van der Waals surface area contributed by atoms with Crippen molar-refractivity contribution in [3.05, 3.63) is 0 Å². The summed E-state index contributed by atoms with van der Waals surface area (Å²) >= 11 is 0. The standard InChI is InChI=1S/C12H22N2O2/c13-9-12(5-3-1-2-4-6-12)11(15)14-10-7-16-8-10/h10H,1-9,13H2,(H,14,15). The number of carbonyl (C=O) groups is 1. The minimum atomic E-state index is -0.300. The van der Waals surface area contributed by atoms with Gasteiger partial charge in [-0.15, -0.1) is 0 Å². The minimum absolute atomic E-state index is 0.158. The molecule has 1 saturated carbocycles. The summed E-state index contributed by atoms with van der Waals surface area (Å²) < 4.78 is 5.07. The number of nitrogens with one attached hydrogen (secondary N) is 1. The molecule has 1 aliphatic carbocycles. The van der Waals surface area contributed by atoms with Gasteiger partial charge in [-0.1, -0.05) is 25.7 Å². The van der Waals surface area contributed by atoms with Crippen LogP contribution in [0.15, 0.2) is 0 Å². The van der Waals surface area contributed by atoms with Crippen LogP contribution in [-0.4, -0.2) is 31.7 Å². The number of carbonyl (C=O) groups excluding carboxylic acids is 1. The monoisotopic (exact) mass is 226 g/mol. The van der Waals surface area contributed by atoms with Crippen LogP contribution in [0.3, 0.4) is 0 Å². The molecule has 1 saturated heterocycles. The van der Waals surface area contributed by atoms with Crippen LogP contribution >= 0.6 is 0 Å². The molecular formula is C12H22N2O2. The van der Waals surface area contributed by atoms with Gasteiger partial charge >= 0.3 is 0 Å². The van der Waals surface area contributed by atoms with Crippen molar-refractivity contribution in [1.82, 2.24) is 5.32 Å². The van der Waals surface area contributed by atoms with Crippen molar-refractivity contribution < 1.29 is 9.53 Å². The Morgan fingerprint density at radius 2 is 1.88 bits per heavy atom. The fraction of sp³-hybridized carbons (Fsp3) is 0.917. The van der Waals surface area contributed by atoms with Crippen LogP contribution in [0, 0.1) is 5.41 Å². The smallest absolute Gasteiger partial charge is 0.227 e. The number of ether oxygens (including phenoxy) is 1. The van der Waals surface area contributed by atoms with Crippen LogP contribution in [0.2, 0.25) is 0 Å². The van der Waals surface area contributed by atoms with Gasteiger partial charge in [-0.3, -0.25) is 4.79 Å². The highest BCUT2D eigenvalue weighted by atomic mass is 16.5. The molecule has 4 heteroatoms. The van der Waals surface area contributed by atoms with Crippen molar-refractivity contribution in [3.8, 4) is 0 Å². The quantitative estimate of drug-likeness (QED) is 0.700. The van der Waals surface area contributed by atoms with Crippen LogP contribution in [0.5, 0.6) is 0 Å². The van der Waals surface area contributed by atoms with Gasteiger partial charge in [0.05, 0.1) is 24.7 Å². The van der Waals surface area contributed by atoms with Gasteiger partial charge in [0.1, 0.15) is 0 Å². The lowest BCUT2D eigenvalue weighted by Gasteiger charge is -2.34. The third-order valence-electron chi connectivity index (χ3n) is 3.91. The lowest BCUT2D eigenvalue weighted by atomic mass is 9.79. The summed E-state index contributed by atoms with van der Waals surface area (Å²) in [4.78, 5) is 12.3. The summed E-state index contributed by atoms with van der Waals surface area (Å²) in [5.41, 5.74) is 5.55. The maximum atomic E-state index is 12.3. The van der Waals surface area contributed by atoms with Crippen molar-refractivity contribution in [3.63, 3.8) is 0 Å². The second-order valence-electron chi connectivity index (χ2n) is 5.11. The zero-order chi connectivity index (χ0) is 11.4. The van der Waals surface area contributed by atoms with Gasteiger partial charge in [0.15, 0.2) is 0 Å². The molecule has 1 amide bonds. The van der Waals surface area contributed by atoms with Crippen molar-refractivity contribution in [2.24, 2.45) is 11.1 Å². The van der Waals surface area contributed by atoms with E-state index in [1.807, 2.05) is 0 Å². The van der Waals surface area contributed by atoms with E-state index < -0.39 is 0 Å². The van der Waals surface area contributed by atoms with Crippen LogP contribution in [-0.2, 0) is 9.53 Å². The SMILES string of the molecule is NCC1(C(=O)NC2COC2)CCCCCC1. The normalized spacial score (nSPS) is 25.6. The molecule has 92 valence electrons. The first-order chi connectivity index (χ1) is 7.77. The average molecular weight is 226 g/mol. The Labute approximate surface area is 96.9 Å². The van der Waals surface area contributed by atoms with E-state index in [0.29, 0.717) is 19.8 Å². The molecular weight excluding hydrogens is 204 g/mol. The predicted molar refractivity (Wildman–Crippen MR) is 61.9 cm³/mol. The number of nitrogens with two attached hydrogens (primary N) is 1. The molecule has 16 heavy (non-hydrogen) atoms. The maximum Gasteiger partial charge on any atom is 0.227 e. The first-order valence-corrected chi connectivity index (χ1v) is 6.36. The summed E-state index contributed by atoms with van der Waals surface area (Å²) in [5.74, 6) is 0.158. The summed E-state index contributed by atoms with van der Waals surface area (Å²) in [6.45, 7) is 1.80. The van der Waals surface area contributed by atoms with Crippen molar-refractivity contribution in [2.75, 3.05) is 19.8 Å². The molecule has 3 N–H and O–H groups in total. The first kappa shape index (κ1) is 11.9. The molecule has 2 aliphatic rings. The van der Waals surface area contributed by atoms with E-state index in [1.165, 1.54) is 12.8 Å². The molecule has 0 spiro atoms. The van der Waals surface area contributed by atoms with Gasteiger partial charge in [-0.2, -0.15) is 0 Å². The fourth-order valence-electron chi connectivity index (χ4n) is 2.59. The van der Waals surface area contributed by atoms with Crippen LogP contribution in [0.4, 0.5) is 0 Å². The fourth-order valence-corrected chi connectivity index (χ4v) is 2.59. The van der Waals surface area contributed by atoms with Gasteiger partial charge in [0, 0.05) is 6.54 Å². The Hall–Kier alpha value is -0.610. The minimum Gasteiger partial charge on any atom is -0.377 e. The van der Waals surface area contributed by atoms with Crippen LogP contribution in [0.1, 0.15) is 38.5 Å². The van der Waals surface area contributed by atoms with Gasteiger partial charge in [-0.05, 0) is 12.8 Å². The third kappa shape index (κ3) is 2.38. The van der Waals surface area contributed by atoms with E-state index in [9.17, 15) is 4.79 Å². The summed E-state index contributed by atoms with van der Waals surface area (Å²) in [6.07, 6.45) is 6.63. The van der Waals surface area contributed by atoms with E-state index in [1.54, 1.807) is 0 Å². The number of hydrogen-bond acceptors (Lipinski definition) is 3. The maximum absolute atomic E-state index is 12.3. The molecule has 2 rings (SSSR count). The Morgan fingerprint density at radius 3 is 2.31 bits per heavy atom. The zero-order valence-corrected chi connectivity index (χ0v) is 9.84. The van der Waals surface area contributed by atoms with Crippen molar-refractivity contribution in [1.29, 1.82) is 0 Å². The lowest BCUT2D eigenvalue weighted by Crippen LogP contribution is -2.55. The van der Waals surface area contributed by atoms with Gasteiger partial charge in [0.25, 0.3) is 0 Å². The molecule has 0 aromatic carbocycles. The zero-order valence-electron chi connectivity index (χ0n) is 9.84. The van der Waals surface area contributed by atoms with E-state index in [2.05, 4.69) is 5.32 Å². The Kier molecular flexibility index (Phi) is 3.82. The van der Waals surface area contributed by atoms with Gasteiger partial charge in [-0.25, -0.2) is 0 Å². The average Bonchev–Trinajstić information content (AvgIpc) is 2.49. The number of rotatable bonds is 3. The number of amides is 1. The van der Waals surface area contributed by atoms with Crippen LogP contribution in [0.25, 0.3) is 0 Å². The second kappa shape index (κ2) is 5.15. The van der Waals surface area contributed by atoms with Crippen molar-refractivity contribution in [2.45, 2.75) is 44.6 Å². The van der Waals surface area contributed by atoms with Crippen LogP contribution < -0.4 is 11.1 Å². The van der Waals surface area contributed by atoms with E-state index in [0.717, 1.165) is 25.7 Å². The van der Waals surface area contributed by atoms with Gasteiger partial charge < -0.3 is 15.8 Å². The van der Waals surface area contributed by atoms with E-state index in [-0.39, 0.29) is 17.4 Å². The molecule has 0 aromatic rings. The largest absolute Gasteiger partial charge is 0.377 e. The molecule has 0 aromatic heterocycles. The third-order valence-corrected chi connectivity index (χ3v) is 3.91. The molecule has 0 unspecified atom stereocenters. The Balaban J connectivity index is 1.96. The highest BCUT2D eigenvalue weighted by molar-refractivity contribution is 5.83. The van der Waals surface area contributed by atoms with E-state index in [4.69, 9.17) is 10.5 Å². The summed E-state index contributed by atoms with van der Waals surface area (Å²) in [5, 5.41) is 3.06. The first-order valence-electron chi connectivity index (χ1n) is 6.36. The topological polar surface area (TPSA) is 64.4 Å². The Morgan fingerprint density at radius 1 is 1.25 bits per heavy atom. The molecule has 2 fully saturated rings. The summed E-state index contributed by atoms with van der Waals surface area (Å²) in [7, 11) is 0. The molecule has 1 aliphatic heterocycles.